The van der Waals surface area contributed by atoms with Gasteiger partial charge in [-0.15, -0.1) is 0 Å². The second-order valence-electron chi connectivity index (χ2n) is 9.49. The third-order valence-corrected chi connectivity index (χ3v) is 7.23. The van der Waals surface area contributed by atoms with Crippen LogP contribution in [-0.4, -0.2) is 17.6 Å². The summed E-state index contributed by atoms with van der Waals surface area (Å²) in [6.45, 7) is 17.6. The Labute approximate surface area is 240 Å². The van der Waals surface area contributed by atoms with Gasteiger partial charge in [-0.1, -0.05) is 33.8 Å². The Balaban J connectivity index is -0.00000000280. The molecule has 0 saturated heterocycles. The van der Waals surface area contributed by atoms with E-state index in [0.29, 0.717) is 18.3 Å². The number of fused-ring (bicyclic) bond motifs is 3. The van der Waals surface area contributed by atoms with Crippen LogP contribution >= 0.6 is 0 Å². The van der Waals surface area contributed by atoms with Crippen LogP contribution in [0.1, 0.15) is 174 Å². The topological polar surface area (TPSA) is 38.3 Å². The number of rotatable bonds is 4. The highest BCUT2D eigenvalue weighted by molar-refractivity contribution is 5.76. The molecular weight excluding hydrogens is 322 g/mol. The third kappa shape index (κ3) is 2.84. The van der Waals surface area contributed by atoms with E-state index in [2.05, 4.69) is 59.8 Å². The quantitative estimate of drug-likeness (QED) is 0.477. The fourth-order valence-corrected chi connectivity index (χ4v) is 4.81. The summed E-state index contributed by atoms with van der Waals surface area (Å²) >= 11 is 0. The molecule has 1 heterocycles. The fraction of sp³-hybridized carbons (Fsp3) is 0.696. The van der Waals surface area contributed by atoms with Gasteiger partial charge in [-0.3, -0.25) is 4.79 Å². The molecule has 2 unspecified atom stereocenters. The predicted molar refractivity (Wildman–Crippen MR) is 223 cm³/mol. The monoisotopic (exact) mass is 468 g/mol. The summed E-state index contributed by atoms with van der Waals surface area (Å²) in [4.78, 5) is 12.0. The number of hydrogen-bond donors (Lipinski definition) is 1. The first-order valence-electron chi connectivity index (χ1n) is 10.1. The van der Waals surface area contributed by atoms with Crippen molar-refractivity contribution >= 4 is 5.91 Å². The van der Waals surface area contributed by atoms with Gasteiger partial charge in [-0.05, 0) is 68.6 Å². The van der Waals surface area contributed by atoms with E-state index in [4.69, 9.17) is 4.74 Å². The normalized spacial score (nSPS) is 24.6. The first kappa shape index (κ1) is 19.3. The van der Waals surface area contributed by atoms with Crippen LogP contribution in [-0.2, 0) is 11.2 Å². The molecule has 0 aromatic heterocycles. The van der Waals surface area contributed by atoms with Crippen molar-refractivity contribution < 1.29 is 88.0 Å². The van der Waals surface area contributed by atoms with E-state index >= 15 is 0 Å². The molecule has 0 radical (unpaired) electrons. The van der Waals surface area contributed by atoms with Gasteiger partial charge < -0.3 is 10.1 Å². The Bertz CT molecular complexity index is 806. The van der Waals surface area contributed by atoms with Crippen molar-refractivity contribution in [2.24, 2.45) is 5.41 Å². The Morgan fingerprint density at radius 2 is 2.08 bits per heavy atom. The summed E-state index contributed by atoms with van der Waals surface area (Å²) in [5.74, 6) is 2.06. The average Bonchev–Trinajstić information content (AvgIpc) is 3.07. The highest BCUT2D eigenvalue weighted by Gasteiger charge is 2.47. The highest BCUT2D eigenvalue weighted by atomic mass is 16.5. The zero-order chi connectivity index (χ0) is 19.4. The van der Waals surface area contributed by atoms with Crippen molar-refractivity contribution in [1.82, 2.24) is 5.32 Å². The van der Waals surface area contributed by atoms with Crippen molar-refractivity contribution in [2.75, 3.05) is 0 Å². The van der Waals surface area contributed by atoms with Crippen LogP contribution in [0.5, 0.6) is 5.75 Å². The third-order valence-electron chi connectivity index (χ3n) is 7.23. The summed E-state index contributed by atoms with van der Waals surface area (Å²) in [5, 5.41) is 3.21. The molecule has 3 rings (SSSR count). The van der Waals surface area contributed by atoms with Crippen LogP contribution in [0.4, 0.5) is 0 Å². The molecule has 1 N–H and O–H groups in total. The molecule has 1 amide bonds. The van der Waals surface area contributed by atoms with Gasteiger partial charge >= 0.3 is 0 Å². The van der Waals surface area contributed by atoms with E-state index in [-0.39, 0.29) is 101 Å². The van der Waals surface area contributed by atoms with Crippen LogP contribution in [0.25, 0.3) is 0 Å². The first-order valence-corrected chi connectivity index (χ1v) is 10.1. The second kappa shape index (κ2) is 6.28. The molecular formula is C23H145NO2. The van der Waals surface area contributed by atoms with Gasteiger partial charge in [-0.2, -0.15) is 0 Å². The van der Waals surface area contributed by atoms with Gasteiger partial charge in [0.1, 0.15) is 11.4 Å². The van der Waals surface area contributed by atoms with E-state index in [1.165, 1.54) is 22.3 Å². The van der Waals surface area contributed by atoms with Crippen LogP contribution in [0.15, 0.2) is 6.07 Å². The molecule has 0 spiro atoms. The van der Waals surface area contributed by atoms with Gasteiger partial charge in [0.15, 0.2) is 0 Å². The molecule has 1 aliphatic carbocycles. The smallest absolute Gasteiger partial charge is 0.219 e. The first-order chi connectivity index (χ1) is 12.0. The molecule has 3 nitrogen and oxygen atoms in total. The molecule has 3 atom stereocenters. The number of carbonyl (C=O) groups is 1. The van der Waals surface area contributed by atoms with E-state index in [9.17, 15) is 4.79 Å². The summed E-state index contributed by atoms with van der Waals surface area (Å²) < 4.78 is 6.40. The number of amides is 1. The Hall–Kier alpha value is -1.51. The second-order valence-corrected chi connectivity index (χ2v) is 9.49. The SMILES string of the molecule is CCC(=O)NC(C)C(C)(C)[C@@H]1CCc2cc(C)c3c(c21)C(C)C(C)(C)O3.[HH].[HH].[HH].[HH].[HH].[HH].[HH].[HH].[HH].[HH].[HH].[HH].[HH].[HH].[HH].[HH].[HH].[HH].[HH].[HH].[HH].[HH].[HH].[HH].[HH].[HH].[HH].[HH].[HH].[HH].[HH].[HH].[HH].[HH].[HH].[HH].[HH].[HH].[HH].[HH].[HH].[HH].[HH].[HH].[HH].[HH].[HH].[HH].[HH].[HH].[HH].[HH].[HH].[HH].[HH]. The Kier molecular flexibility index (Phi) is 4.65. The summed E-state index contributed by atoms with van der Waals surface area (Å²) in [6.07, 6.45) is 2.81. The Morgan fingerprint density at radius 3 is 2.69 bits per heavy atom. The van der Waals surface area contributed by atoms with Gasteiger partial charge in [0.05, 0.1) is 0 Å². The lowest BCUT2D eigenvalue weighted by Crippen LogP contribution is -2.45. The maximum atomic E-state index is 12.0. The van der Waals surface area contributed by atoms with Crippen molar-refractivity contribution in [2.45, 2.75) is 98.1 Å². The van der Waals surface area contributed by atoms with E-state index in [1.54, 1.807) is 0 Å². The molecule has 0 fully saturated rings. The number of ether oxygens (including phenoxy) is 1. The summed E-state index contributed by atoms with van der Waals surface area (Å²) in [6, 6.07) is 2.47. The minimum absolute atomic E-state index is 0. The van der Waals surface area contributed by atoms with Crippen LogP contribution in [0, 0.1) is 12.3 Å². The lowest BCUT2D eigenvalue weighted by atomic mass is 9.68. The lowest BCUT2D eigenvalue weighted by molar-refractivity contribution is -0.122. The molecule has 2 aliphatic rings. The number of nitrogens with one attached hydrogen (secondary N) is 1. The minimum atomic E-state index is -0.165. The van der Waals surface area contributed by atoms with Gasteiger partial charge in [-0.25, -0.2) is 0 Å². The predicted octanol–water partition coefficient (Wildman–Crippen LogP) is 18.8. The van der Waals surface area contributed by atoms with Crippen LogP contribution in [0.2, 0.25) is 0 Å². The molecule has 0 bridgehead atoms. The summed E-state index contributed by atoms with van der Waals surface area (Å²) in [7, 11) is 0. The standard InChI is InChI=1S/C23H35NO2.55H2/c1-9-18(25)24-15(4)22(5,6)17-11-10-16-12-13(2)21-19(20(16)17)14(3)23(7,8)26-21;;;;;;;;;;;;;;;;;;;;;;;;;;;;;;;;;;;;;;;;;;;;;;;;;;;;;;;/h12,14-15,17H,9-11H2,1-8H3,(H,24,25);55*1H/t14?,15?,17-;;;;;;;;;;;;;;;;;;;;;;;;;;;;;;;;;;;;;;;;;;;;;;;;;;;;;;;/m1......................................................./s1. The van der Waals surface area contributed by atoms with E-state index < -0.39 is 0 Å². The van der Waals surface area contributed by atoms with Crippen LogP contribution < -0.4 is 10.1 Å². The van der Waals surface area contributed by atoms with Crippen molar-refractivity contribution in [3.63, 3.8) is 0 Å². The highest BCUT2D eigenvalue weighted by Crippen LogP contribution is 2.56. The van der Waals surface area contributed by atoms with E-state index in [0.717, 1.165) is 18.6 Å². The number of aryl methyl sites for hydroxylation is 2. The molecule has 1 aromatic rings. The largest absolute Gasteiger partial charge is 0.487 e. The van der Waals surface area contributed by atoms with Gasteiger partial charge in [0.2, 0.25) is 5.91 Å². The fourth-order valence-electron chi connectivity index (χ4n) is 4.81. The lowest BCUT2D eigenvalue weighted by Gasteiger charge is -2.39. The van der Waals surface area contributed by atoms with Crippen LogP contribution in [0.3, 0.4) is 0 Å². The maximum absolute atomic E-state index is 12.0. The van der Waals surface area contributed by atoms with Crippen molar-refractivity contribution in [3.05, 3.63) is 28.3 Å². The Morgan fingerprint density at radius 1 is 1.42 bits per heavy atom. The zero-order valence-corrected chi connectivity index (χ0v) is 17.7. The number of carbonyl (C=O) groups excluding carboxylic acids is 1. The number of benzene rings is 1. The minimum Gasteiger partial charge on any atom is -0.487 e. The average molecular weight is 468 g/mol. The number of hydrogen-bond acceptors (Lipinski definition) is 2. The molecule has 254 valence electrons. The molecule has 0 saturated carbocycles. The molecule has 3 heteroatoms. The van der Waals surface area contributed by atoms with E-state index in [1.807, 2.05) is 6.92 Å². The summed E-state index contributed by atoms with van der Waals surface area (Å²) in [5.41, 5.74) is 5.51. The zero-order valence-electron chi connectivity index (χ0n) is 17.7. The van der Waals surface area contributed by atoms with Crippen molar-refractivity contribution in [3.8, 4) is 5.75 Å². The molecule has 26 heavy (non-hydrogen) atoms. The molecule has 1 aliphatic heterocycles. The maximum Gasteiger partial charge on any atom is 0.219 e. The molecule has 1 aromatic carbocycles. The van der Waals surface area contributed by atoms with Gasteiger partial charge in [0, 0.05) is 102 Å². The van der Waals surface area contributed by atoms with Gasteiger partial charge in [0.25, 0.3) is 0 Å². The van der Waals surface area contributed by atoms with Crippen molar-refractivity contribution in [1.29, 1.82) is 0 Å².